The molecule has 0 saturated heterocycles. The molecule has 0 radical (unpaired) electrons. The standard InChI is InChI=1S/C12H20O3S/c1-6-7-11(16(13,14)15)8-9-12(4,5)10(2)3/h6-10H,1H2,2-5H3,(H,13,14,15)/b9-8?,11-7+. The highest BCUT2D eigenvalue weighted by molar-refractivity contribution is 7.90. The van der Waals surface area contributed by atoms with Crippen LogP contribution in [0.4, 0.5) is 0 Å². The summed E-state index contributed by atoms with van der Waals surface area (Å²) in [5, 5.41) is 0. The lowest BCUT2D eigenvalue weighted by atomic mass is 9.81. The third kappa shape index (κ3) is 4.77. The first kappa shape index (κ1) is 15.1. The van der Waals surface area contributed by atoms with Gasteiger partial charge in [-0.3, -0.25) is 4.55 Å². The van der Waals surface area contributed by atoms with Gasteiger partial charge < -0.3 is 0 Å². The largest absolute Gasteiger partial charge is 0.294 e. The van der Waals surface area contributed by atoms with Crippen molar-refractivity contribution in [1.29, 1.82) is 0 Å². The van der Waals surface area contributed by atoms with E-state index >= 15 is 0 Å². The predicted octanol–water partition coefficient (Wildman–Crippen LogP) is 3.18. The van der Waals surface area contributed by atoms with Crippen LogP contribution in [-0.4, -0.2) is 13.0 Å². The Bertz CT molecular complexity index is 398. The molecule has 0 spiro atoms. The molecule has 4 heteroatoms. The highest BCUT2D eigenvalue weighted by Crippen LogP contribution is 2.28. The molecule has 0 aliphatic carbocycles. The molecular weight excluding hydrogens is 224 g/mol. The third-order valence-electron chi connectivity index (χ3n) is 2.75. The van der Waals surface area contributed by atoms with Crippen molar-refractivity contribution in [3.8, 4) is 0 Å². The van der Waals surface area contributed by atoms with E-state index in [0.717, 1.165) is 0 Å². The van der Waals surface area contributed by atoms with Gasteiger partial charge in [-0.1, -0.05) is 46.4 Å². The van der Waals surface area contributed by atoms with Crippen LogP contribution in [0.15, 0.2) is 35.8 Å². The van der Waals surface area contributed by atoms with E-state index in [2.05, 4.69) is 20.4 Å². The molecule has 0 aromatic rings. The van der Waals surface area contributed by atoms with Gasteiger partial charge in [-0.2, -0.15) is 8.42 Å². The Kier molecular flexibility index (Phi) is 5.16. The summed E-state index contributed by atoms with van der Waals surface area (Å²) in [6.07, 6.45) is 5.79. The van der Waals surface area contributed by atoms with Gasteiger partial charge in [0.25, 0.3) is 10.1 Å². The van der Waals surface area contributed by atoms with Crippen LogP contribution in [0.3, 0.4) is 0 Å². The Morgan fingerprint density at radius 3 is 2.19 bits per heavy atom. The molecule has 0 amide bonds. The van der Waals surface area contributed by atoms with Gasteiger partial charge in [0.05, 0.1) is 4.91 Å². The van der Waals surface area contributed by atoms with Crippen molar-refractivity contribution in [2.45, 2.75) is 27.7 Å². The van der Waals surface area contributed by atoms with Gasteiger partial charge >= 0.3 is 0 Å². The molecule has 0 aromatic carbocycles. The predicted molar refractivity (Wildman–Crippen MR) is 67.6 cm³/mol. The van der Waals surface area contributed by atoms with Crippen molar-refractivity contribution in [2.24, 2.45) is 11.3 Å². The molecule has 0 heterocycles. The first-order chi connectivity index (χ1) is 7.11. The van der Waals surface area contributed by atoms with Crippen LogP contribution in [0.5, 0.6) is 0 Å². The first-order valence-corrected chi connectivity index (χ1v) is 6.54. The minimum absolute atomic E-state index is 0.134. The fraction of sp³-hybridized carbons (Fsp3) is 0.500. The highest BCUT2D eigenvalue weighted by atomic mass is 32.2. The van der Waals surface area contributed by atoms with Crippen molar-refractivity contribution < 1.29 is 13.0 Å². The monoisotopic (exact) mass is 244 g/mol. The van der Waals surface area contributed by atoms with Gasteiger partial charge in [0.15, 0.2) is 0 Å². The summed E-state index contributed by atoms with van der Waals surface area (Å²) in [5.41, 5.74) is -0.134. The summed E-state index contributed by atoms with van der Waals surface area (Å²) in [4.78, 5) is -0.142. The van der Waals surface area contributed by atoms with Crippen molar-refractivity contribution in [2.75, 3.05) is 0 Å². The van der Waals surface area contributed by atoms with Gasteiger partial charge in [0, 0.05) is 0 Å². The Hall–Kier alpha value is -0.870. The van der Waals surface area contributed by atoms with Gasteiger partial charge in [-0.15, -0.1) is 0 Å². The Morgan fingerprint density at radius 1 is 1.38 bits per heavy atom. The first-order valence-electron chi connectivity index (χ1n) is 5.10. The van der Waals surface area contributed by atoms with Crippen LogP contribution in [0.2, 0.25) is 0 Å². The molecule has 3 nitrogen and oxygen atoms in total. The van der Waals surface area contributed by atoms with Gasteiger partial charge in [-0.05, 0) is 23.5 Å². The van der Waals surface area contributed by atoms with Gasteiger partial charge in [-0.25, -0.2) is 0 Å². The molecular formula is C12H20O3S. The summed E-state index contributed by atoms with van der Waals surface area (Å²) >= 11 is 0. The quantitative estimate of drug-likeness (QED) is 0.597. The molecule has 0 saturated carbocycles. The van der Waals surface area contributed by atoms with E-state index in [0.29, 0.717) is 5.92 Å². The van der Waals surface area contributed by atoms with Crippen molar-refractivity contribution in [3.63, 3.8) is 0 Å². The lowest BCUT2D eigenvalue weighted by Gasteiger charge is -2.25. The molecule has 0 aliphatic rings. The number of allylic oxidation sites excluding steroid dienone is 4. The Balaban J connectivity index is 5.15. The van der Waals surface area contributed by atoms with Crippen LogP contribution in [0.1, 0.15) is 27.7 Å². The summed E-state index contributed by atoms with van der Waals surface area (Å²) in [6, 6.07) is 0. The second kappa shape index (κ2) is 5.46. The molecule has 0 bridgehead atoms. The smallest absolute Gasteiger partial charge is 0.282 e. The summed E-state index contributed by atoms with van der Waals surface area (Å²) in [7, 11) is -4.17. The lowest BCUT2D eigenvalue weighted by Crippen LogP contribution is -2.16. The molecule has 0 fully saturated rings. The summed E-state index contributed by atoms with van der Waals surface area (Å²) in [6.45, 7) is 11.5. The van der Waals surface area contributed by atoms with E-state index in [-0.39, 0.29) is 10.3 Å². The van der Waals surface area contributed by atoms with Gasteiger partial charge in [0.1, 0.15) is 0 Å². The van der Waals surface area contributed by atoms with E-state index in [1.54, 1.807) is 6.08 Å². The molecule has 0 aromatic heterocycles. The van der Waals surface area contributed by atoms with E-state index < -0.39 is 10.1 Å². The number of hydrogen-bond acceptors (Lipinski definition) is 2. The molecule has 92 valence electrons. The molecule has 16 heavy (non-hydrogen) atoms. The number of rotatable bonds is 5. The van der Waals surface area contributed by atoms with Gasteiger partial charge in [0.2, 0.25) is 0 Å². The van der Waals surface area contributed by atoms with E-state index in [9.17, 15) is 8.42 Å². The van der Waals surface area contributed by atoms with E-state index in [4.69, 9.17) is 4.55 Å². The van der Waals surface area contributed by atoms with Crippen LogP contribution in [0, 0.1) is 11.3 Å². The maximum atomic E-state index is 11.0. The Morgan fingerprint density at radius 2 is 1.88 bits per heavy atom. The average molecular weight is 244 g/mol. The minimum Gasteiger partial charge on any atom is -0.282 e. The normalized spacial score (nSPS) is 14.8. The third-order valence-corrected chi connectivity index (χ3v) is 3.61. The van der Waals surface area contributed by atoms with Crippen LogP contribution in [0.25, 0.3) is 0 Å². The second-order valence-electron chi connectivity index (χ2n) is 4.59. The maximum absolute atomic E-state index is 11.0. The fourth-order valence-corrected chi connectivity index (χ4v) is 1.34. The Labute approximate surface area is 98.3 Å². The molecule has 0 aliphatic heterocycles. The van der Waals surface area contributed by atoms with Crippen LogP contribution >= 0.6 is 0 Å². The summed E-state index contributed by atoms with van der Waals surface area (Å²) < 4.78 is 30.9. The zero-order chi connectivity index (χ0) is 13.0. The summed E-state index contributed by atoms with van der Waals surface area (Å²) in [5.74, 6) is 0.370. The van der Waals surface area contributed by atoms with Crippen molar-refractivity contribution >= 4 is 10.1 Å². The van der Waals surface area contributed by atoms with E-state index in [1.807, 2.05) is 13.8 Å². The second-order valence-corrected chi connectivity index (χ2v) is 6.01. The minimum atomic E-state index is -4.17. The maximum Gasteiger partial charge on any atom is 0.294 e. The topological polar surface area (TPSA) is 54.4 Å². The van der Waals surface area contributed by atoms with Crippen molar-refractivity contribution in [3.05, 3.63) is 35.8 Å². The highest BCUT2D eigenvalue weighted by Gasteiger charge is 2.19. The van der Waals surface area contributed by atoms with Crippen LogP contribution in [-0.2, 0) is 10.1 Å². The van der Waals surface area contributed by atoms with Crippen molar-refractivity contribution in [1.82, 2.24) is 0 Å². The van der Waals surface area contributed by atoms with Crippen LogP contribution < -0.4 is 0 Å². The molecule has 0 atom stereocenters. The number of hydrogen-bond donors (Lipinski definition) is 1. The zero-order valence-corrected chi connectivity index (χ0v) is 11.1. The zero-order valence-electron chi connectivity index (χ0n) is 10.3. The SMILES string of the molecule is C=C/C=C(\C=CC(C)(C)C(C)C)S(=O)(=O)O. The van der Waals surface area contributed by atoms with E-state index in [1.165, 1.54) is 18.2 Å². The molecule has 0 unspecified atom stereocenters. The molecule has 1 N–H and O–H groups in total. The molecule has 0 rings (SSSR count). The lowest BCUT2D eigenvalue weighted by molar-refractivity contribution is 0.333. The average Bonchev–Trinajstić information content (AvgIpc) is 2.09. The fourth-order valence-electron chi connectivity index (χ4n) is 0.833.